The van der Waals surface area contributed by atoms with E-state index < -0.39 is 0 Å². The summed E-state index contributed by atoms with van der Waals surface area (Å²) in [4.78, 5) is 7.90. The first-order chi connectivity index (χ1) is 42.4. The maximum absolute atomic E-state index is 2.70. The SMILES string of the molecule is Cc1cc2c3c(c1)N(c1ccc(C(C)(C)C)cc1-c1ccccc1)c1cc4c(cc1B3c1cc(N(c3ccc(C(C)(C)C)cc3)c3ccc(C(C)(C)C)cc3)ccc1N2c1cc2c(cc1C)C(C)(C)c1ccccc1C2(C)C)C(C)(C)c1ccccc1C4(C)C. The van der Waals surface area contributed by atoms with Gasteiger partial charge in [0, 0.05) is 72.7 Å². The highest BCUT2D eigenvalue weighted by atomic mass is 15.2. The zero-order chi connectivity index (χ0) is 63.7. The van der Waals surface area contributed by atoms with Crippen molar-refractivity contribution in [3.8, 4) is 11.1 Å². The van der Waals surface area contributed by atoms with E-state index in [4.69, 9.17) is 0 Å². The van der Waals surface area contributed by atoms with Crippen LogP contribution in [0.5, 0.6) is 0 Å². The number of anilines is 9. The molecule has 0 atom stereocenters. The fourth-order valence-corrected chi connectivity index (χ4v) is 16.3. The molecule has 10 aromatic carbocycles. The van der Waals surface area contributed by atoms with Crippen LogP contribution in [0, 0.1) is 13.8 Å². The van der Waals surface area contributed by atoms with E-state index in [1.54, 1.807) is 0 Å². The van der Waals surface area contributed by atoms with Crippen molar-refractivity contribution in [2.24, 2.45) is 0 Å². The van der Waals surface area contributed by atoms with Crippen molar-refractivity contribution in [2.45, 2.75) is 169 Å². The minimum absolute atomic E-state index is 0.00339. The Morgan fingerprint density at radius 2 is 0.711 bits per heavy atom. The molecule has 0 bridgehead atoms. The van der Waals surface area contributed by atoms with Crippen LogP contribution in [0.1, 0.15) is 190 Å². The Bertz CT molecular complexity index is 4500. The van der Waals surface area contributed by atoms with E-state index in [0.717, 1.165) is 17.1 Å². The molecule has 0 N–H and O–H groups in total. The molecule has 0 radical (unpaired) electrons. The summed E-state index contributed by atoms with van der Waals surface area (Å²) in [6.45, 7) is 45.0. The third kappa shape index (κ3) is 9.03. The quantitative estimate of drug-likeness (QED) is 0.154. The van der Waals surface area contributed by atoms with Crippen molar-refractivity contribution in [3.63, 3.8) is 0 Å². The van der Waals surface area contributed by atoms with Gasteiger partial charge in [0.25, 0.3) is 6.71 Å². The zero-order valence-corrected chi connectivity index (χ0v) is 57.0. The topological polar surface area (TPSA) is 9.72 Å². The van der Waals surface area contributed by atoms with Gasteiger partial charge >= 0.3 is 0 Å². The van der Waals surface area contributed by atoms with Crippen LogP contribution in [0.15, 0.2) is 200 Å². The molecule has 452 valence electrons. The molecule has 2 aliphatic carbocycles. The second-order valence-corrected chi connectivity index (χ2v) is 32.1. The summed E-state index contributed by atoms with van der Waals surface area (Å²) in [5, 5.41) is 0. The molecule has 0 unspecified atom stereocenters. The molecule has 3 nitrogen and oxygen atoms in total. The molecule has 0 fully saturated rings. The Morgan fingerprint density at radius 3 is 1.19 bits per heavy atom. The van der Waals surface area contributed by atoms with E-state index in [2.05, 4.69) is 346 Å². The monoisotopic (exact) mass is 1180 g/mol. The van der Waals surface area contributed by atoms with Crippen molar-refractivity contribution < 1.29 is 0 Å². The van der Waals surface area contributed by atoms with Gasteiger partial charge in [0.2, 0.25) is 0 Å². The van der Waals surface area contributed by atoms with Gasteiger partial charge in [0.15, 0.2) is 0 Å². The minimum atomic E-state index is -0.290. The molecular weight excluding hydrogens is 1090 g/mol. The Labute approximate surface area is 539 Å². The average molecular weight is 1180 g/mol. The summed E-state index contributed by atoms with van der Waals surface area (Å²) in [7, 11) is 0. The molecule has 0 saturated heterocycles. The van der Waals surface area contributed by atoms with Gasteiger partial charge in [-0.05, 0) is 203 Å². The largest absolute Gasteiger partial charge is 0.311 e. The zero-order valence-electron chi connectivity index (χ0n) is 57.0. The third-order valence-electron chi connectivity index (χ3n) is 21.6. The van der Waals surface area contributed by atoms with Crippen molar-refractivity contribution in [1.29, 1.82) is 0 Å². The van der Waals surface area contributed by atoms with E-state index in [0.29, 0.717) is 0 Å². The number of hydrogen-bond acceptors (Lipinski definition) is 3. The van der Waals surface area contributed by atoms with Gasteiger partial charge in [0.05, 0.1) is 5.69 Å². The molecule has 0 spiro atoms. The summed E-state index contributed by atoms with van der Waals surface area (Å²) < 4.78 is 0. The fourth-order valence-electron chi connectivity index (χ4n) is 16.3. The average Bonchev–Trinajstić information content (AvgIpc) is 0.702. The lowest BCUT2D eigenvalue weighted by Crippen LogP contribution is -2.62. The highest BCUT2D eigenvalue weighted by Crippen LogP contribution is 2.56. The van der Waals surface area contributed by atoms with Crippen LogP contribution in [-0.4, -0.2) is 6.71 Å². The van der Waals surface area contributed by atoms with Crippen LogP contribution in [0.25, 0.3) is 11.1 Å². The first-order valence-electron chi connectivity index (χ1n) is 33.0. The van der Waals surface area contributed by atoms with Crippen LogP contribution in [0.3, 0.4) is 0 Å². The maximum Gasteiger partial charge on any atom is 0.252 e. The molecule has 14 rings (SSSR count). The molecule has 2 heterocycles. The first kappa shape index (κ1) is 59.3. The highest BCUT2D eigenvalue weighted by Gasteiger charge is 2.50. The molecule has 0 saturated carbocycles. The number of benzene rings is 10. The summed E-state index contributed by atoms with van der Waals surface area (Å²) >= 11 is 0. The lowest BCUT2D eigenvalue weighted by molar-refractivity contribution is 0.520. The molecule has 10 aromatic rings. The lowest BCUT2D eigenvalue weighted by Gasteiger charge is -2.49. The van der Waals surface area contributed by atoms with Crippen LogP contribution >= 0.6 is 0 Å². The molecule has 4 heteroatoms. The predicted octanol–water partition coefficient (Wildman–Crippen LogP) is 21.3. The number of rotatable bonds is 6. The fraction of sp³-hybridized carbons (Fsp3) is 0.302. The Hall–Kier alpha value is -8.34. The Morgan fingerprint density at radius 1 is 0.322 bits per heavy atom. The second-order valence-electron chi connectivity index (χ2n) is 32.1. The summed E-state index contributed by atoms with van der Waals surface area (Å²) in [5.74, 6) is 0. The summed E-state index contributed by atoms with van der Waals surface area (Å²) in [6.07, 6.45) is 0. The van der Waals surface area contributed by atoms with E-state index in [1.165, 1.54) is 134 Å². The first-order valence-corrected chi connectivity index (χ1v) is 33.0. The van der Waals surface area contributed by atoms with Gasteiger partial charge in [-0.1, -0.05) is 239 Å². The van der Waals surface area contributed by atoms with E-state index >= 15 is 0 Å². The predicted molar refractivity (Wildman–Crippen MR) is 388 cm³/mol. The third-order valence-corrected chi connectivity index (χ3v) is 21.6. The van der Waals surface area contributed by atoms with E-state index in [9.17, 15) is 0 Å². The number of fused-ring (bicyclic) bond motifs is 8. The van der Waals surface area contributed by atoms with Gasteiger partial charge in [-0.15, -0.1) is 0 Å². The van der Waals surface area contributed by atoms with Crippen LogP contribution < -0.4 is 31.1 Å². The van der Waals surface area contributed by atoms with Crippen LogP contribution in [0.2, 0.25) is 0 Å². The van der Waals surface area contributed by atoms with Crippen molar-refractivity contribution >= 4 is 74.3 Å². The van der Waals surface area contributed by atoms with Crippen LogP contribution in [0.4, 0.5) is 51.2 Å². The number of aryl methyl sites for hydroxylation is 2. The highest BCUT2D eigenvalue weighted by molar-refractivity contribution is 7.00. The van der Waals surface area contributed by atoms with Gasteiger partial charge in [-0.2, -0.15) is 0 Å². The standard InChI is InChI=1S/C86H90BN3/c1-53-45-77-79-78(46-53)90(75-51-69-67(47-54(75)2)83(12,13)63-29-23-25-31-65(63)85(69,16)17)74-44-42-61(88(59-38-33-56(34-39-59)80(3,4)5)60-40-35-57(36-41-60)81(6,7)8)49-71(74)87(79)72-50-68-70(86(18,19)66-32-26-24-30-64(66)84(68,14)15)52-76(72)89(77)73-43-37-58(82(9,10)11)48-62(73)55-27-21-20-22-28-55/h20-52H,1-19H3. The molecule has 2 aliphatic heterocycles. The summed E-state index contributed by atoms with van der Waals surface area (Å²) in [6, 6.07) is 78.7. The summed E-state index contributed by atoms with van der Waals surface area (Å²) in [5.41, 5.74) is 33.5. The van der Waals surface area contributed by atoms with Gasteiger partial charge in [0.1, 0.15) is 0 Å². The number of nitrogens with zero attached hydrogens (tertiary/aromatic N) is 3. The van der Waals surface area contributed by atoms with Gasteiger partial charge < -0.3 is 14.7 Å². The van der Waals surface area contributed by atoms with E-state index in [-0.39, 0.29) is 44.6 Å². The van der Waals surface area contributed by atoms with Crippen molar-refractivity contribution in [3.05, 3.63) is 273 Å². The molecule has 90 heavy (non-hydrogen) atoms. The molecular formula is C86H90BN3. The molecule has 4 aliphatic rings. The Balaban J connectivity index is 1.11. The lowest BCUT2D eigenvalue weighted by atomic mass is 9.33. The van der Waals surface area contributed by atoms with Crippen LogP contribution in [-0.2, 0) is 37.9 Å². The van der Waals surface area contributed by atoms with E-state index in [1.807, 2.05) is 0 Å². The second kappa shape index (κ2) is 20.1. The van der Waals surface area contributed by atoms with Gasteiger partial charge in [-0.25, -0.2) is 0 Å². The maximum atomic E-state index is 2.70. The molecule has 0 amide bonds. The normalized spacial score (nSPS) is 16.2. The molecule has 0 aromatic heterocycles. The van der Waals surface area contributed by atoms with Crippen molar-refractivity contribution in [1.82, 2.24) is 0 Å². The van der Waals surface area contributed by atoms with Gasteiger partial charge in [-0.3, -0.25) is 0 Å². The number of hydrogen-bond donors (Lipinski definition) is 0. The smallest absolute Gasteiger partial charge is 0.252 e. The van der Waals surface area contributed by atoms with Crippen molar-refractivity contribution in [2.75, 3.05) is 14.7 Å². The Kier molecular flexibility index (Phi) is 13.2. The minimum Gasteiger partial charge on any atom is -0.311 e.